The van der Waals surface area contributed by atoms with Crippen LogP contribution in [0.2, 0.25) is 0 Å². The van der Waals surface area contributed by atoms with Crippen molar-refractivity contribution in [2.45, 2.75) is 92.6 Å². The molecule has 0 heterocycles. The summed E-state index contributed by atoms with van der Waals surface area (Å²) in [4.78, 5) is 61.7. The highest BCUT2D eigenvalue weighted by atomic mass is 16.7. The van der Waals surface area contributed by atoms with Crippen molar-refractivity contribution in [3.63, 3.8) is 0 Å². The van der Waals surface area contributed by atoms with Gasteiger partial charge in [0, 0.05) is 0 Å². The fourth-order valence-electron chi connectivity index (χ4n) is 2.01. The SMILES string of the molecule is C=CCOC(=O)OC.CCC(C)(C)OC(=O)OC.CCOC(=O)OC.COC(=O)OC(C)(C)C.COC(=O)OC(C)C.COC(=O)OCc1ccccc1. The predicted molar refractivity (Wildman–Crippen MR) is 196 cm³/mol. The number of methoxy groups -OCH3 is 6. The average Bonchev–Trinajstić information content (AvgIpc) is 3.13. The maximum Gasteiger partial charge on any atom is 0.508 e. The van der Waals surface area contributed by atoms with Crippen LogP contribution in [-0.2, 0) is 63.4 Å². The predicted octanol–water partition coefficient (Wildman–Crippen LogP) is 8.42. The molecule has 1 rings (SSSR count). The molecule has 18 nitrogen and oxygen atoms in total. The molecule has 0 aliphatic rings. The molecule has 1 aromatic carbocycles. The Kier molecular flexibility index (Phi) is 40.0. The fraction of sp³-hybridized carbons (Fsp3) is 0.611. The number of hydrogen-bond donors (Lipinski definition) is 0. The van der Waals surface area contributed by atoms with Crippen molar-refractivity contribution >= 4 is 36.9 Å². The molecule has 0 aliphatic carbocycles. The average molecular weight is 783 g/mol. The molecule has 0 aromatic heterocycles. The summed E-state index contributed by atoms with van der Waals surface area (Å²) >= 11 is 0. The van der Waals surface area contributed by atoms with Crippen molar-refractivity contribution in [3.8, 4) is 0 Å². The van der Waals surface area contributed by atoms with E-state index in [0.29, 0.717) is 6.61 Å². The van der Waals surface area contributed by atoms with Gasteiger partial charge in [0.2, 0.25) is 0 Å². The highest BCUT2D eigenvalue weighted by Crippen LogP contribution is 2.13. The molecule has 0 saturated carbocycles. The monoisotopic (exact) mass is 782 g/mol. The van der Waals surface area contributed by atoms with E-state index in [4.69, 9.17) is 14.2 Å². The molecule has 1 aromatic rings. The van der Waals surface area contributed by atoms with Gasteiger partial charge < -0.3 is 56.8 Å². The number of carbonyl (C=O) groups excluding carboxylic acids is 6. The van der Waals surface area contributed by atoms with E-state index in [2.05, 4.69) is 49.2 Å². The third-order valence-corrected chi connectivity index (χ3v) is 4.71. The molecule has 0 fully saturated rings. The first kappa shape index (κ1) is 57.9. The first-order valence-electron chi connectivity index (χ1n) is 16.1. The quantitative estimate of drug-likeness (QED) is 0.137. The number of benzene rings is 1. The molecular weight excluding hydrogens is 720 g/mol. The van der Waals surface area contributed by atoms with Crippen LogP contribution in [0.3, 0.4) is 0 Å². The number of rotatable bonds is 8. The Morgan fingerprint density at radius 2 is 1.02 bits per heavy atom. The molecular formula is C36H62O18. The Balaban J connectivity index is -0.000000180. The van der Waals surface area contributed by atoms with Gasteiger partial charge in [-0.25, -0.2) is 28.8 Å². The minimum Gasteiger partial charge on any atom is -0.438 e. The lowest BCUT2D eigenvalue weighted by atomic mass is 10.1. The Morgan fingerprint density at radius 3 is 1.31 bits per heavy atom. The lowest BCUT2D eigenvalue weighted by Crippen LogP contribution is -2.26. The summed E-state index contributed by atoms with van der Waals surface area (Å²) in [5.74, 6) is 0. The van der Waals surface area contributed by atoms with Crippen molar-refractivity contribution in [2.75, 3.05) is 55.9 Å². The van der Waals surface area contributed by atoms with Crippen LogP contribution in [0.5, 0.6) is 0 Å². The molecule has 0 atom stereocenters. The first-order chi connectivity index (χ1) is 25.1. The number of ether oxygens (including phenoxy) is 12. The normalized spacial score (nSPS) is 9.26. The summed E-state index contributed by atoms with van der Waals surface area (Å²) in [6, 6.07) is 9.43. The minimum atomic E-state index is -0.676. The largest absolute Gasteiger partial charge is 0.508 e. The van der Waals surface area contributed by atoms with E-state index < -0.39 is 48.1 Å². The second-order valence-corrected chi connectivity index (χ2v) is 11.1. The molecule has 0 unspecified atom stereocenters. The zero-order valence-corrected chi connectivity index (χ0v) is 34.4. The van der Waals surface area contributed by atoms with E-state index in [9.17, 15) is 28.8 Å². The van der Waals surface area contributed by atoms with Gasteiger partial charge in [0.05, 0.1) is 55.4 Å². The van der Waals surface area contributed by atoms with Crippen LogP contribution >= 0.6 is 0 Å². The second kappa shape index (κ2) is 37.3. The van der Waals surface area contributed by atoms with E-state index in [-0.39, 0.29) is 19.3 Å². The van der Waals surface area contributed by atoms with Crippen molar-refractivity contribution < 1.29 is 85.6 Å². The van der Waals surface area contributed by atoms with E-state index in [1.165, 1.54) is 48.7 Å². The Labute approximate surface area is 319 Å². The summed E-state index contributed by atoms with van der Waals surface area (Å²) in [5, 5.41) is 0. The molecule has 18 heteroatoms. The smallest absolute Gasteiger partial charge is 0.438 e. The van der Waals surface area contributed by atoms with Gasteiger partial charge in [0.15, 0.2) is 0 Å². The Hall–Kier alpha value is -5.42. The maximum absolute atomic E-state index is 10.5. The van der Waals surface area contributed by atoms with Gasteiger partial charge in [-0.2, -0.15) is 0 Å². The Morgan fingerprint density at radius 1 is 0.611 bits per heavy atom. The first-order valence-corrected chi connectivity index (χ1v) is 16.1. The van der Waals surface area contributed by atoms with Gasteiger partial charge in [-0.15, -0.1) is 0 Å². The van der Waals surface area contributed by atoms with E-state index in [0.717, 1.165) is 12.0 Å². The molecule has 0 spiro atoms. The highest BCUT2D eigenvalue weighted by molar-refractivity contribution is 5.61. The summed E-state index contributed by atoms with van der Waals surface area (Å²) in [7, 11) is 7.68. The summed E-state index contributed by atoms with van der Waals surface area (Å²) in [6.07, 6.45) is -1.68. The van der Waals surface area contributed by atoms with Crippen molar-refractivity contribution in [3.05, 3.63) is 48.6 Å². The maximum atomic E-state index is 10.5. The van der Waals surface area contributed by atoms with Gasteiger partial charge in [-0.1, -0.05) is 49.9 Å². The molecule has 0 amide bonds. The third kappa shape index (κ3) is 51.0. The van der Waals surface area contributed by atoms with Crippen LogP contribution in [0.25, 0.3) is 0 Å². The highest BCUT2D eigenvalue weighted by Gasteiger charge is 2.20. The zero-order chi connectivity index (χ0) is 43.2. The third-order valence-electron chi connectivity index (χ3n) is 4.71. The van der Waals surface area contributed by atoms with Crippen molar-refractivity contribution in [1.82, 2.24) is 0 Å². The summed E-state index contributed by atoms with van der Waals surface area (Å²) in [5.41, 5.74) is 0.0862. The second-order valence-electron chi connectivity index (χ2n) is 11.1. The fourth-order valence-corrected chi connectivity index (χ4v) is 2.01. The zero-order valence-electron chi connectivity index (χ0n) is 34.4. The van der Waals surface area contributed by atoms with Gasteiger partial charge in [0.25, 0.3) is 0 Å². The van der Waals surface area contributed by atoms with Crippen LogP contribution in [0, 0.1) is 0 Å². The number of carbonyl (C=O) groups is 6. The van der Waals surface area contributed by atoms with Crippen molar-refractivity contribution in [2.24, 2.45) is 0 Å². The molecule has 0 radical (unpaired) electrons. The van der Waals surface area contributed by atoms with Crippen molar-refractivity contribution in [1.29, 1.82) is 0 Å². The summed E-state index contributed by atoms with van der Waals surface area (Å²) < 4.78 is 52.9. The van der Waals surface area contributed by atoms with Crippen LogP contribution in [0.15, 0.2) is 43.0 Å². The standard InChI is InChI=1S/C9H10O3.C7H14O3.C6H12O3.C5H10O3.C5H8O3.C4H8O3/c1-11-9(10)12-7-8-5-3-2-4-6-8;1-5-7(2,3)10-6(8)9-4;1-6(2,3)9-5(7)8-4;1-4(2)8-5(6)7-3;1-3-4-8-5(6)7-2;1-3-7-4(5)6-2/h2-6H,7H2,1H3;5H2,1-4H3;1-4H3;4H,1-3H3;3H,1,4H2,2H3;3H2,1-2H3. The molecule has 314 valence electrons. The van der Waals surface area contributed by atoms with E-state index in [1.54, 1.807) is 41.5 Å². The van der Waals surface area contributed by atoms with Crippen LogP contribution < -0.4 is 0 Å². The van der Waals surface area contributed by atoms with Gasteiger partial charge in [-0.3, -0.25) is 0 Å². The summed E-state index contributed by atoms with van der Waals surface area (Å²) in [6.45, 7) is 20.4. The Bertz CT molecular complexity index is 1130. The van der Waals surface area contributed by atoms with Crippen LogP contribution in [0.4, 0.5) is 28.8 Å². The van der Waals surface area contributed by atoms with Crippen LogP contribution in [-0.4, -0.2) is 110 Å². The number of hydrogen-bond acceptors (Lipinski definition) is 18. The molecule has 54 heavy (non-hydrogen) atoms. The van der Waals surface area contributed by atoms with E-state index in [1.807, 2.05) is 51.1 Å². The lowest BCUT2D eigenvalue weighted by molar-refractivity contribution is -0.00871. The van der Waals surface area contributed by atoms with E-state index >= 15 is 0 Å². The minimum absolute atomic E-state index is 0.0950. The van der Waals surface area contributed by atoms with Gasteiger partial charge in [0.1, 0.15) is 24.4 Å². The lowest BCUT2D eigenvalue weighted by Gasteiger charge is -2.21. The van der Waals surface area contributed by atoms with Gasteiger partial charge >= 0.3 is 36.9 Å². The van der Waals surface area contributed by atoms with Gasteiger partial charge in [-0.05, 0) is 67.4 Å². The molecule has 0 bridgehead atoms. The topological polar surface area (TPSA) is 213 Å². The molecule has 0 N–H and O–H groups in total. The molecule has 0 saturated heterocycles. The van der Waals surface area contributed by atoms with Crippen LogP contribution in [0.1, 0.15) is 74.3 Å². The molecule has 0 aliphatic heterocycles.